The number of benzene rings is 1. The third kappa shape index (κ3) is 6.23. The number of amides is 3. The first-order chi connectivity index (χ1) is 15.5. The lowest BCUT2D eigenvalue weighted by molar-refractivity contribution is -0.135. The number of hydrogen-bond donors (Lipinski definition) is 1. The second kappa shape index (κ2) is 11.9. The van der Waals surface area contributed by atoms with Crippen LogP contribution in [0.15, 0.2) is 35.7 Å². The first-order valence-corrected chi connectivity index (χ1v) is 12.0. The van der Waals surface area contributed by atoms with E-state index < -0.39 is 0 Å². The van der Waals surface area contributed by atoms with Crippen molar-refractivity contribution in [3.8, 4) is 5.75 Å². The van der Waals surface area contributed by atoms with Crippen LogP contribution in [0.25, 0.3) is 0 Å². The van der Waals surface area contributed by atoms with Crippen LogP contribution >= 0.6 is 11.3 Å². The molecule has 2 heterocycles. The molecular formula is C24H33N3O4S. The Labute approximate surface area is 194 Å². The molecule has 0 radical (unpaired) electrons. The number of methoxy groups -OCH3 is 1. The summed E-state index contributed by atoms with van der Waals surface area (Å²) in [7, 11) is 1.59. The molecule has 7 nitrogen and oxygen atoms in total. The topological polar surface area (TPSA) is 71.1 Å². The monoisotopic (exact) mass is 459 g/mol. The standard InChI is InChI=1S/C24H33N3O4S/c1-4-11-25-24(29)26(13-14-30-3)16-23(28)27-12-9-22-20(10-15-32-22)21(27)17-31-19-7-5-18(2)6-8-19/h5-8,10,15,21H,4,9,11-14,16-17H2,1-3H3,(H,25,29). The summed E-state index contributed by atoms with van der Waals surface area (Å²) in [6.45, 7) is 6.35. The van der Waals surface area contributed by atoms with Crippen molar-refractivity contribution in [2.75, 3.05) is 46.5 Å². The summed E-state index contributed by atoms with van der Waals surface area (Å²) >= 11 is 1.72. The van der Waals surface area contributed by atoms with E-state index in [1.165, 1.54) is 15.3 Å². The van der Waals surface area contributed by atoms with Gasteiger partial charge in [0.05, 0.1) is 12.6 Å². The molecule has 1 aliphatic rings. The Bertz CT molecular complexity index is 884. The van der Waals surface area contributed by atoms with Crippen LogP contribution in [0.5, 0.6) is 5.75 Å². The Balaban J connectivity index is 1.72. The summed E-state index contributed by atoms with van der Waals surface area (Å²) in [5.74, 6) is 0.702. The Morgan fingerprint density at radius 1 is 1.25 bits per heavy atom. The van der Waals surface area contributed by atoms with Crippen LogP contribution in [-0.2, 0) is 16.0 Å². The summed E-state index contributed by atoms with van der Waals surface area (Å²) in [6, 6.07) is 9.58. The molecule has 2 aromatic rings. The van der Waals surface area contributed by atoms with Gasteiger partial charge in [-0.25, -0.2) is 4.79 Å². The zero-order valence-corrected chi connectivity index (χ0v) is 20.0. The highest BCUT2D eigenvalue weighted by Crippen LogP contribution is 2.34. The predicted octanol–water partition coefficient (Wildman–Crippen LogP) is 3.63. The maximum atomic E-state index is 13.4. The van der Waals surface area contributed by atoms with Crippen molar-refractivity contribution in [1.82, 2.24) is 15.1 Å². The van der Waals surface area contributed by atoms with E-state index in [4.69, 9.17) is 9.47 Å². The molecule has 0 aliphatic carbocycles. The summed E-state index contributed by atoms with van der Waals surface area (Å²) in [6.07, 6.45) is 1.66. The van der Waals surface area contributed by atoms with E-state index in [1.807, 2.05) is 43.0 Å². The van der Waals surface area contributed by atoms with E-state index >= 15 is 0 Å². The molecule has 1 aromatic carbocycles. The minimum absolute atomic E-state index is 0.0133. The molecule has 3 amide bonds. The van der Waals surface area contributed by atoms with Gasteiger partial charge in [0.15, 0.2) is 0 Å². The Hall–Kier alpha value is -2.58. The molecule has 174 valence electrons. The van der Waals surface area contributed by atoms with E-state index in [9.17, 15) is 9.59 Å². The summed E-state index contributed by atoms with van der Waals surface area (Å²) in [5.41, 5.74) is 2.31. The van der Waals surface area contributed by atoms with Crippen LogP contribution in [0.2, 0.25) is 0 Å². The van der Waals surface area contributed by atoms with Crippen molar-refractivity contribution in [3.05, 3.63) is 51.7 Å². The third-order valence-electron chi connectivity index (χ3n) is 5.55. The van der Waals surface area contributed by atoms with E-state index in [1.54, 1.807) is 18.4 Å². The molecule has 1 aliphatic heterocycles. The van der Waals surface area contributed by atoms with E-state index in [-0.39, 0.29) is 24.5 Å². The molecule has 32 heavy (non-hydrogen) atoms. The molecule has 0 fully saturated rings. The molecule has 0 saturated heterocycles. The van der Waals surface area contributed by atoms with E-state index in [0.29, 0.717) is 32.8 Å². The third-order valence-corrected chi connectivity index (χ3v) is 6.55. The van der Waals surface area contributed by atoms with Crippen LogP contribution in [-0.4, -0.2) is 68.2 Å². The van der Waals surface area contributed by atoms with Crippen molar-refractivity contribution in [2.24, 2.45) is 0 Å². The number of thiophene rings is 1. The van der Waals surface area contributed by atoms with Gasteiger partial charge in [-0.2, -0.15) is 0 Å². The molecular weight excluding hydrogens is 426 g/mol. The molecule has 1 atom stereocenters. The quantitative estimate of drug-likeness (QED) is 0.589. The van der Waals surface area contributed by atoms with Gasteiger partial charge in [-0.15, -0.1) is 11.3 Å². The first-order valence-electron chi connectivity index (χ1n) is 11.1. The van der Waals surface area contributed by atoms with Crippen LogP contribution in [0.3, 0.4) is 0 Å². The summed E-state index contributed by atoms with van der Waals surface area (Å²) in [4.78, 5) is 30.6. The first kappa shape index (κ1) is 24.1. The Morgan fingerprint density at radius 3 is 2.75 bits per heavy atom. The molecule has 0 spiro atoms. The highest BCUT2D eigenvalue weighted by molar-refractivity contribution is 7.10. The number of carbonyl (C=O) groups is 2. The minimum Gasteiger partial charge on any atom is -0.491 e. The molecule has 0 bridgehead atoms. The second-order valence-electron chi connectivity index (χ2n) is 7.92. The Kier molecular flexibility index (Phi) is 8.93. The van der Waals surface area contributed by atoms with Gasteiger partial charge in [-0.1, -0.05) is 24.6 Å². The second-order valence-corrected chi connectivity index (χ2v) is 8.92. The fourth-order valence-electron chi connectivity index (χ4n) is 3.74. The summed E-state index contributed by atoms with van der Waals surface area (Å²) < 4.78 is 11.2. The van der Waals surface area contributed by atoms with Crippen LogP contribution < -0.4 is 10.1 Å². The SMILES string of the molecule is CCCNC(=O)N(CCOC)CC(=O)N1CCc2sccc2C1COc1ccc(C)cc1. The number of rotatable bonds is 10. The number of ether oxygens (including phenoxy) is 2. The van der Waals surface area contributed by atoms with E-state index in [2.05, 4.69) is 16.8 Å². The average molecular weight is 460 g/mol. The molecule has 3 rings (SSSR count). The largest absolute Gasteiger partial charge is 0.491 e. The lowest BCUT2D eigenvalue weighted by Crippen LogP contribution is -2.50. The van der Waals surface area contributed by atoms with E-state index in [0.717, 1.165) is 24.2 Å². The molecule has 8 heteroatoms. The van der Waals surface area contributed by atoms with Crippen molar-refractivity contribution in [1.29, 1.82) is 0 Å². The zero-order chi connectivity index (χ0) is 22.9. The predicted molar refractivity (Wildman–Crippen MR) is 126 cm³/mol. The van der Waals surface area contributed by atoms with Gasteiger partial charge in [-0.05, 0) is 48.9 Å². The van der Waals surface area contributed by atoms with Gasteiger partial charge in [-0.3, -0.25) is 4.79 Å². The van der Waals surface area contributed by atoms with Crippen molar-refractivity contribution < 1.29 is 19.1 Å². The van der Waals surface area contributed by atoms with Crippen LogP contribution in [0, 0.1) is 6.92 Å². The summed E-state index contributed by atoms with van der Waals surface area (Å²) in [5, 5.41) is 4.93. The lowest BCUT2D eigenvalue weighted by Gasteiger charge is -2.37. The number of hydrogen-bond acceptors (Lipinski definition) is 5. The van der Waals surface area contributed by atoms with Gasteiger partial charge in [0.2, 0.25) is 5.91 Å². The average Bonchev–Trinajstić information content (AvgIpc) is 3.28. The fraction of sp³-hybridized carbons (Fsp3) is 0.500. The molecule has 0 saturated carbocycles. The van der Waals surface area contributed by atoms with Gasteiger partial charge in [0.25, 0.3) is 0 Å². The van der Waals surface area contributed by atoms with Crippen LogP contribution in [0.4, 0.5) is 4.79 Å². The molecule has 1 N–H and O–H groups in total. The van der Waals surface area contributed by atoms with Gasteiger partial charge < -0.3 is 24.6 Å². The number of carbonyl (C=O) groups excluding carboxylic acids is 2. The van der Waals surface area contributed by atoms with Crippen LogP contribution in [0.1, 0.15) is 35.4 Å². The van der Waals surface area contributed by atoms with Gasteiger partial charge in [0.1, 0.15) is 18.9 Å². The van der Waals surface area contributed by atoms with Crippen molar-refractivity contribution in [3.63, 3.8) is 0 Å². The lowest BCUT2D eigenvalue weighted by atomic mass is 10.0. The highest BCUT2D eigenvalue weighted by atomic mass is 32.1. The number of fused-ring (bicyclic) bond motifs is 1. The minimum atomic E-state index is -0.238. The maximum absolute atomic E-state index is 13.4. The highest BCUT2D eigenvalue weighted by Gasteiger charge is 2.33. The number of nitrogens with zero attached hydrogens (tertiary/aromatic N) is 2. The zero-order valence-electron chi connectivity index (χ0n) is 19.1. The maximum Gasteiger partial charge on any atom is 0.317 e. The van der Waals surface area contributed by atoms with Crippen molar-refractivity contribution >= 4 is 23.3 Å². The van der Waals surface area contributed by atoms with Gasteiger partial charge >= 0.3 is 6.03 Å². The fourth-order valence-corrected chi connectivity index (χ4v) is 4.66. The number of aryl methyl sites for hydroxylation is 1. The number of nitrogens with one attached hydrogen (secondary N) is 1. The van der Waals surface area contributed by atoms with Gasteiger partial charge in [0, 0.05) is 31.6 Å². The molecule has 1 unspecified atom stereocenters. The smallest absolute Gasteiger partial charge is 0.317 e. The molecule has 1 aromatic heterocycles. The number of urea groups is 1. The normalized spacial score (nSPS) is 15.2. The Morgan fingerprint density at radius 2 is 2.03 bits per heavy atom. The van der Waals surface area contributed by atoms with Crippen molar-refractivity contribution in [2.45, 2.75) is 32.7 Å².